The SMILES string of the molecule is CCN1C[C@]2(OC(=O)c3ccccc3NC(=O)/C=C/c3cncc(C)c3)CC[C@H](OC)[C@]34C1[C@@H](C[C@H]23)[C@@]1(O)C[C@H](OC)[C@H]2C[C@@H]4[C@]1(O)C2OC. The van der Waals surface area contributed by atoms with Gasteiger partial charge < -0.3 is 34.5 Å². The summed E-state index contributed by atoms with van der Waals surface area (Å²) in [7, 11) is 5.05. The highest BCUT2D eigenvalue weighted by molar-refractivity contribution is 6.06. The number of aryl methyl sites for hydroxylation is 1. The predicted molar refractivity (Wildman–Crippen MR) is 184 cm³/mol. The molecule has 8 rings (SSSR count). The Hall–Kier alpha value is -3.19. The van der Waals surface area contributed by atoms with E-state index in [2.05, 4.69) is 22.1 Å². The van der Waals surface area contributed by atoms with E-state index in [0.29, 0.717) is 50.9 Å². The van der Waals surface area contributed by atoms with Crippen LogP contribution in [0.15, 0.2) is 48.8 Å². The molecule has 3 N–H and O–H groups in total. The first kappa shape index (κ1) is 33.9. The molecule has 2 aromatic rings. The van der Waals surface area contributed by atoms with Gasteiger partial charge in [-0.25, -0.2) is 4.79 Å². The lowest BCUT2D eigenvalue weighted by molar-refractivity contribution is -0.337. The molecule has 1 aromatic heterocycles. The predicted octanol–water partition coefficient (Wildman–Crippen LogP) is 3.62. The van der Waals surface area contributed by atoms with Gasteiger partial charge in [0, 0.05) is 87.9 Å². The minimum absolute atomic E-state index is 0.0707. The van der Waals surface area contributed by atoms with Crippen molar-refractivity contribution in [3.05, 3.63) is 65.5 Å². The van der Waals surface area contributed by atoms with E-state index in [1.165, 1.54) is 6.08 Å². The Balaban J connectivity index is 1.16. The molecular formula is C39H49N3O8. The molecule has 2 unspecified atom stereocenters. The number of carbonyl (C=O) groups excluding carboxylic acids is 2. The highest BCUT2D eigenvalue weighted by Gasteiger charge is 2.89. The number of pyridine rings is 1. The number of benzene rings is 1. The Kier molecular flexibility index (Phi) is 8.09. The Bertz CT molecular complexity index is 1720. The van der Waals surface area contributed by atoms with Crippen molar-refractivity contribution in [2.75, 3.05) is 39.7 Å². The third-order valence-electron chi connectivity index (χ3n) is 13.9. The number of fused-ring (bicyclic) bond motifs is 2. The summed E-state index contributed by atoms with van der Waals surface area (Å²) in [6.45, 7) is 5.26. The van der Waals surface area contributed by atoms with Gasteiger partial charge in [-0.2, -0.15) is 0 Å². The van der Waals surface area contributed by atoms with E-state index in [1.807, 2.05) is 13.0 Å². The van der Waals surface area contributed by atoms with E-state index in [4.69, 9.17) is 18.9 Å². The first-order chi connectivity index (χ1) is 24.0. The van der Waals surface area contributed by atoms with Crippen LogP contribution in [0.1, 0.15) is 60.5 Å². The van der Waals surface area contributed by atoms with Crippen molar-refractivity contribution in [2.45, 2.75) is 87.1 Å². The zero-order chi connectivity index (χ0) is 35.2. The molecule has 11 nitrogen and oxygen atoms in total. The topological polar surface area (TPSA) is 140 Å². The van der Waals surface area contributed by atoms with Crippen LogP contribution >= 0.6 is 0 Å². The summed E-state index contributed by atoms with van der Waals surface area (Å²) in [6, 6.07) is 8.79. The van der Waals surface area contributed by atoms with Crippen LogP contribution in [0, 0.1) is 36.0 Å². The lowest BCUT2D eigenvalue weighted by Gasteiger charge is -2.70. The smallest absolute Gasteiger partial charge is 0.340 e. The van der Waals surface area contributed by atoms with Gasteiger partial charge in [0.15, 0.2) is 0 Å². The van der Waals surface area contributed by atoms with Gasteiger partial charge in [-0.1, -0.05) is 19.1 Å². The molecule has 1 aliphatic heterocycles. The number of likely N-dealkylation sites (tertiary alicyclic amines) is 1. The highest BCUT2D eigenvalue weighted by Crippen LogP contribution is 2.79. The minimum atomic E-state index is -1.50. The number of para-hydroxylation sites is 1. The van der Waals surface area contributed by atoms with E-state index in [9.17, 15) is 19.8 Å². The number of carbonyl (C=O) groups is 2. The third-order valence-corrected chi connectivity index (χ3v) is 13.9. The van der Waals surface area contributed by atoms with E-state index in [1.54, 1.807) is 64.1 Å². The molecule has 1 aromatic carbocycles. The second kappa shape index (κ2) is 11.9. The summed E-state index contributed by atoms with van der Waals surface area (Å²) in [5.74, 6) is -1.80. The number of rotatable bonds is 9. The Labute approximate surface area is 293 Å². The van der Waals surface area contributed by atoms with E-state index >= 15 is 0 Å². The maximum absolute atomic E-state index is 14.4. The number of aliphatic hydroxyl groups is 2. The van der Waals surface area contributed by atoms with Crippen LogP contribution in [0.25, 0.3) is 6.08 Å². The quantitative estimate of drug-likeness (QED) is 0.265. The van der Waals surface area contributed by atoms with E-state index < -0.39 is 34.3 Å². The molecule has 6 fully saturated rings. The Morgan fingerprint density at radius 1 is 1.08 bits per heavy atom. The molecule has 11 heteroatoms. The fourth-order valence-corrected chi connectivity index (χ4v) is 12.4. The van der Waals surface area contributed by atoms with E-state index in [-0.39, 0.29) is 53.4 Å². The summed E-state index contributed by atoms with van der Waals surface area (Å²) in [5, 5.41) is 28.8. The number of nitrogens with one attached hydrogen (secondary N) is 1. The molecule has 5 saturated carbocycles. The summed E-state index contributed by atoms with van der Waals surface area (Å²) in [6.07, 6.45) is 8.27. The molecule has 7 bridgehead atoms. The minimum Gasteiger partial charge on any atom is -0.454 e. The number of hydrogen-bond donors (Lipinski definition) is 3. The number of aromatic nitrogens is 1. The van der Waals surface area contributed by atoms with Gasteiger partial charge in [0.1, 0.15) is 16.8 Å². The summed E-state index contributed by atoms with van der Waals surface area (Å²) >= 11 is 0. The van der Waals surface area contributed by atoms with E-state index in [0.717, 1.165) is 11.1 Å². The van der Waals surface area contributed by atoms with Crippen molar-refractivity contribution < 1.29 is 38.7 Å². The molecule has 12 atom stereocenters. The van der Waals surface area contributed by atoms with Crippen LogP contribution in [0.2, 0.25) is 0 Å². The molecule has 1 saturated heterocycles. The summed E-state index contributed by atoms with van der Waals surface area (Å²) in [4.78, 5) is 34.0. The normalized spacial score (nSPS) is 42.5. The lowest BCUT2D eigenvalue weighted by atomic mass is 9.44. The van der Waals surface area contributed by atoms with Crippen molar-refractivity contribution >= 4 is 23.6 Å². The maximum Gasteiger partial charge on any atom is 0.340 e. The number of anilines is 1. The van der Waals surface area contributed by atoms with Gasteiger partial charge in [-0.05, 0) is 74.6 Å². The second-order valence-electron chi connectivity index (χ2n) is 15.6. The molecule has 1 spiro atoms. The summed E-state index contributed by atoms with van der Waals surface area (Å²) in [5.41, 5.74) is -2.03. The highest BCUT2D eigenvalue weighted by atomic mass is 16.6. The number of likely N-dealkylation sites (N-methyl/N-ethyl adjacent to an activating group) is 1. The van der Waals surface area contributed by atoms with Crippen molar-refractivity contribution in [1.29, 1.82) is 0 Å². The maximum atomic E-state index is 14.4. The summed E-state index contributed by atoms with van der Waals surface area (Å²) < 4.78 is 25.3. The molecule has 6 aliphatic rings. The Morgan fingerprint density at radius 3 is 2.60 bits per heavy atom. The van der Waals surface area contributed by atoms with Crippen LogP contribution in [0.4, 0.5) is 5.69 Å². The molecular weight excluding hydrogens is 638 g/mol. The zero-order valence-electron chi connectivity index (χ0n) is 29.5. The standard InChI is InChI=1S/C39H49N3O8/c1-6-42-21-36(50-35(44)24-9-7-8-10-27(24)41-32(43)12-11-23-15-22(2)19-40-20-23)14-13-31(48-4)38-29(36)17-26(33(38)42)37(45)18-28(47-3)25-16-30(38)39(37,46)34(25)49-5/h7-12,15,19-20,25-26,28-31,33-34,45-46H,6,13-14,16-18,21H2,1-5H3,(H,41,43)/b12-11+/t25-,26-,28+,29-,30+,31+,33?,34?,36-,37+,38+,39+/m1/s1. The van der Waals surface area contributed by atoms with Crippen LogP contribution in [-0.2, 0) is 23.7 Å². The molecule has 5 aliphatic carbocycles. The fraction of sp³-hybridized carbons (Fsp3) is 0.615. The zero-order valence-corrected chi connectivity index (χ0v) is 29.5. The number of methoxy groups -OCH3 is 3. The molecule has 50 heavy (non-hydrogen) atoms. The van der Waals surface area contributed by atoms with Gasteiger partial charge in [0.25, 0.3) is 0 Å². The van der Waals surface area contributed by atoms with Gasteiger partial charge >= 0.3 is 5.97 Å². The number of amides is 1. The monoisotopic (exact) mass is 687 g/mol. The largest absolute Gasteiger partial charge is 0.454 e. The van der Waals surface area contributed by atoms with Gasteiger partial charge in [-0.15, -0.1) is 0 Å². The molecule has 2 heterocycles. The fourth-order valence-electron chi connectivity index (χ4n) is 12.4. The van der Waals surface area contributed by atoms with Gasteiger partial charge in [0.2, 0.25) is 5.91 Å². The first-order valence-electron chi connectivity index (χ1n) is 18.0. The molecule has 1 amide bonds. The van der Waals surface area contributed by atoms with Crippen molar-refractivity contribution in [3.8, 4) is 0 Å². The molecule has 0 radical (unpaired) electrons. The number of nitrogens with zero attached hydrogens (tertiary/aromatic N) is 2. The lowest BCUT2D eigenvalue weighted by Crippen LogP contribution is -2.83. The average Bonchev–Trinajstić information content (AvgIpc) is 3.53. The Morgan fingerprint density at radius 2 is 1.88 bits per heavy atom. The van der Waals surface area contributed by atoms with Crippen LogP contribution in [0.3, 0.4) is 0 Å². The van der Waals surface area contributed by atoms with Gasteiger partial charge in [-0.3, -0.25) is 14.7 Å². The number of piperidine rings is 1. The number of ether oxygens (including phenoxy) is 4. The van der Waals surface area contributed by atoms with Gasteiger partial charge in [0.05, 0.1) is 29.6 Å². The van der Waals surface area contributed by atoms with Crippen LogP contribution in [-0.4, -0.2) is 108 Å². The van der Waals surface area contributed by atoms with Crippen molar-refractivity contribution in [1.82, 2.24) is 9.88 Å². The third kappa shape index (κ3) is 4.34. The van der Waals surface area contributed by atoms with Crippen molar-refractivity contribution in [2.24, 2.45) is 29.1 Å². The number of hydrogen-bond acceptors (Lipinski definition) is 10. The second-order valence-corrected chi connectivity index (χ2v) is 15.6. The average molecular weight is 688 g/mol. The van der Waals surface area contributed by atoms with Crippen LogP contribution in [0.5, 0.6) is 0 Å². The molecule has 268 valence electrons. The number of esters is 1. The first-order valence-corrected chi connectivity index (χ1v) is 18.0. The van der Waals surface area contributed by atoms with Crippen molar-refractivity contribution in [3.63, 3.8) is 0 Å². The van der Waals surface area contributed by atoms with Crippen LogP contribution < -0.4 is 5.32 Å².